The zero-order valence-corrected chi connectivity index (χ0v) is 12.2. The van der Waals surface area contributed by atoms with Crippen LogP contribution in [-0.4, -0.2) is 5.91 Å². The molecule has 0 aliphatic carbocycles. The number of nitrogens with one attached hydrogen (secondary N) is 1. The summed E-state index contributed by atoms with van der Waals surface area (Å²) in [7, 11) is 0. The molecule has 2 aromatic rings. The number of nitriles is 2. The summed E-state index contributed by atoms with van der Waals surface area (Å²) in [6.45, 7) is 0.564. The van der Waals surface area contributed by atoms with Gasteiger partial charge in [-0.05, 0) is 35.9 Å². The summed E-state index contributed by atoms with van der Waals surface area (Å²) in [4.78, 5) is 14.1. The number of anilines is 2. The van der Waals surface area contributed by atoms with Crippen LogP contribution in [0, 0.1) is 22.7 Å². The van der Waals surface area contributed by atoms with E-state index in [2.05, 4.69) is 5.32 Å². The van der Waals surface area contributed by atoms with Crippen LogP contribution in [0.25, 0.3) is 0 Å². The minimum absolute atomic E-state index is 0.000697. The second kappa shape index (κ2) is 6.05. The molecule has 1 heterocycles. The zero-order valence-electron chi connectivity index (χ0n) is 12.2. The summed E-state index contributed by atoms with van der Waals surface area (Å²) in [6.07, 6.45) is 1.35. The van der Waals surface area contributed by atoms with Gasteiger partial charge in [0.25, 0.3) is 5.91 Å². The van der Waals surface area contributed by atoms with Crippen molar-refractivity contribution in [2.24, 2.45) is 0 Å². The van der Waals surface area contributed by atoms with Crippen molar-refractivity contribution in [2.45, 2.75) is 6.54 Å². The highest BCUT2D eigenvalue weighted by atomic mass is 16.2. The lowest BCUT2D eigenvalue weighted by atomic mass is 10.1. The van der Waals surface area contributed by atoms with Crippen molar-refractivity contribution < 1.29 is 4.79 Å². The summed E-state index contributed by atoms with van der Waals surface area (Å²) in [6, 6.07) is 18.4. The van der Waals surface area contributed by atoms with Crippen LogP contribution in [0.3, 0.4) is 0 Å². The first kappa shape index (κ1) is 14.4. The average molecular weight is 300 g/mol. The third-order valence-corrected chi connectivity index (χ3v) is 3.62. The van der Waals surface area contributed by atoms with E-state index >= 15 is 0 Å². The van der Waals surface area contributed by atoms with Crippen LogP contribution in [0.4, 0.5) is 11.4 Å². The van der Waals surface area contributed by atoms with E-state index in [1.165, 1.54) is 6.20 Å². The SMILES string of the molecule is N#CC(C#N)=CNc1ccc(N2Cc3ccccc3C2=O)cc1. The zero-order chi connectivity index (χ0) is 16.2. The van der Waals surface area contributed by atoms with E-state index in [0.717, 1.165) is 22.5 Å². The molecule has 0 unspecified atom stereocenters. The first-order chi connectivity index (χ1) is 11.2. The fourth-order valence-electron chi connectivity index (χ4n) is 2.45. The van der Waals surface area contributed by atoms with E-state index in [1.54, 1.807) is 29.2 Å². The first-order valence-corrected chi connectivity index (χ1v) is 6.99. The molecule has 5 heteroatoms. The molecule has 2 aromatic carbocycles. The van der Waals surface area contributed by atoms with Crippen LogP contribution < -0.4 is 10.2 Å². The quantitative estimate of drug-likeness (QED) is 0.883. The number of rotatable bonds is 3. The Morgan fingerprint density at radius 2 is 1.78 bits per heavy atom. The Labute approximate surface area is 133 Å². The third kappa shape index (κ3) is 2.76. The van der Waals surface area contributed by atoms with Crippen molar-refractivity contribution in [1.29, 1.82) is 10.5 Å². The van der Waals surface area contributed by atoms with Crippen LogP contribution in [-0.2, 0) is 6.54 Å². The lowest BCUT2D eigenvalue weighted by Crippen LogP contribution is -2.22. The number of hydrogen-bond donors (Lipinski definition) is 1. The van der Waals surface area contributed by atoms with Crippen molar-refractivity contribution in [3.63, 3.8) is 0 Å². The Bertz CT molecular complexity index is 853. The van der Waals surface area contributed by atoms with E-state index in [1.807, 2.05) is 36.4 Å². The van der Waals surface area contributed by atoms with Crippen molar-refractivity contribution in [3.8, 4) is 12.1 Å². The number of nitrogens with zero attached hydrogens (tertiary/aromatic N) is 3. The van der Waals surface area contributed by atoms with E-state index in [0.29, 0.717) is 6.54 Å². The van der Waals surface area contributed by atoms with Gasteiger partial charge in [0, 0.05) is 23.1 Å². The van der Waals surface area contributed by atoms with Gasteiger partial charge in [0.1, 0.15) is 17.7 Å². The Kier molecular flexibility index (Phi) is 3.78. The second-order valence-corrected chi connectivity index (χ2v) is 5.02. The number of amides is 1. The van der Waals surface area contributed by atoms with Crippen molar-refractivity contribution in [3.05, 3.63) is 71.4 Å². The standard InChI is InChI=1S/C18H12N4O/c19-9-13(10-20)11-21-15-5-7-16(8-6-15)22-12-14-3-1-2-4-17(14)18(22)23/h1-8,11,21H,12H2. The molecule has 0 saturated carbocycles. The highest BCUT2D eigenvalue weighted by Gasteiger charge is 2.27. The minimum Gasteiger partial charge on any atom is -0.360 e. The molecule has 1 aliphatic rings. The molecule has 0 radical (unpaired) electrons. The number of carbonyl (C=O) groups is 1. The van der Waals surface area contributed by atoms with E-state index < -0.39 is 0 Å². The second-order valence-electron chi connectivity index (χ2n) is 5.02. The highest BCUT2D eigenvalue weighted by Crippen LogP contribution is 2.28. The normalized spacial score (nSPS) is 12.1. The molecule has 0 fully saturated rings. The van der Waals surface area contributed by atoms with Gasteiger partial charge in [-0.2, -0.15) is 10.5 Å². The summed E-state index contributed by atoms with van der Waals surface area (Å²) >= 11 is 0. The van der Waals surface area contributed by atoms with Crippen LogP contribution in [0.15, 0.2) is 60.3 Å². The van der Waals surface area contributed by atoms with Gasteiger partial charge in [0.2, 0.25) is 0 Å². The molecule has 0 saturated heterocycles. The van der Waals surface area contributed by atoms with Crippen LogP contribution in [0.1, 0.15) is 15.9 Å². The number of fused-ring (bicyclic) bond motifs is 1. The van der Waals surface area contributed by atoms with Crippen LogP contribution in [0.5, 0.6) is 0 Å². The molecule has 1 N–H and O–H groups in total. The Morgan fingerprint density at radius 1 is 1.09 bits per heavy atom. The predicted molar refractivity (Wildman–Crippen MR) is 86.3 cm³/mol. The molecular formula is C18H12N4O. The van der Waals surface area contributed by atoms with Gasteiger partial charge in [0.05, 0.1) is 6.54 Å². The maximum atomic E-state index is 12.4. The van der Waals surface area contributed by atoms with Crippen molar-refractivity contribution >= 4 is 17.3 Å². The van der Waals surface area contributed by atoms with Gasteiger partial charge >= 0.3 is 0 Å². The van der Waals surface area contributed by atoms with E-state index in [9.17, 15) is 4.79 Å². The summed E-state index contributed by atoms with van der Waals surface area (Å²) in [5.41, 5.74) is 3.31. The lowest BCUT2D eigenvalue weighted by molar-refractivity contribution is 0.0996. The fraction of sp³-hybridized carbons (Fsp3) is 0.0556. The lowest BCUT2D eigenvalue weighted by Gasteiger charge is -2.16. The maximum absolute atomic E-state index is 12.4. The van der Waals surface area contributed by atoms with E-state index in [-0.39, 0.29) is 11.5 Å². The number of carbonyl (C=O) groups excluding carboxylic acids is 1. The molecule has 0 aromatic heterocycles. The molecule has 3 rings (SSSR count). The van der Waals surface area contributed by atoms with Gasteiger partial charge in [-0.25, -0.2) is 0 Å². The largest absolute Gasteiger partial charge is 0.360 e. The number of benzene rings is 2. The molecule has 23 heavy (non-hydrogen) atoms. The summed E-state index contributed by atoms with van der Waals surface area (Å²) < 4.78 is 0. The summed E-state index contributed by atoms with van der Waals surface area (Å²) in [5, 5.41) is 20.2. The molecule has 110 valence electrons. The monoisotopic (exact) mass is 300 g/mol. The molecule has 1 aliphatic heterocycles. The summed E-state index contributed by atoms with van der Waals surface area (Å²) in [5.74, 6) is -0.00236. The van der Waals surface area contributed by atoms with Crippen LogP contribution in [0.2, 0.25) is 0 Å². The highest BCUT2D eigenvalue weighted by molar-refractivity contribution is 6.10. The van der Waals surface area contributed by atoms with Gasteiger partial charge in [-0.15, -0.1) is 0 Å². The Hall–Kier alpha value is -3.57. The number of hydrogen-bond acceptors (Lipinski definition) is 4. The van der Waals surface area contributed by atoms with E-state index in [4.69, 9.17) is 10.5 Å². The third-order valence-electron chi connectivity index (χ3n) is 3.62. The Morgan fingerprint density at radius 3 is 2.43 bits per heavy atom. The molecule has 0 spiro atoms. The molecular weight excluding hydrogens is 288 g/mol. The molecule has 0 bridgehead atoms. The average Bonchev–Trinajstić information content (AvgIpc) is 2.94. The van der Waals surface area contributed by atoms with Crippen molar-refractivity contribution in [2.75, 3.05) is 10.2 Å². The van der Waals surface area contributed by atoms with Gasteiger partial charge in [0.15, 0.2) is 0 Å². The van der Waals surface area contributed by atoms with Gasteiger partial charge in [-0.3, -0.25) is 4.79 Å². The number of allylic oxidation sites excluding steroid dienone is 1. The molecule has 0 atom stereocenters. The topological polar surface area (TPSA) is 79.9 Å². The molecule has 1 amide bonds. The Balaban J connectivity index is 1.77. The predicted octanol–water partition coefficient (Wildman–Crippen LogP) is 3.19. The fourth-order valence-corrected chi connectivity index (χ4v) is 2.45. The maximum Gasteiger partial charge on any atom is 0.258 e. The van der Waals surface area contributed by atoms with Gasteiger partial charge < -0.3 is 10.2 Å². The molecule has 5 nitrogen and oxygen atoms in total. The first-order valence-electron chi connectivity index (χ1n) is 6.99. The minimum atomic E-state index is -0.00236. The van der Waals surface area contributed by atoms with Gasteiger partial charge in [-0.1, -0.05) is 18.2 Å². The smallest absolute Gasteiger partial charge is 0.258 e. The van der Waals surface area contributed by atoms with Crippen molar-refractivity contribution in [1.82, 2.24) is 0 Å². The van der Waals surface area contributed by atoms with Crippen LogP contribution >= 0.6 is 0 Å².